The molecule has 0 saturated carbocycles. The minimum absolute atomic E-state index is 0.119. The Balaban J connectivity index is 1.59. The smallest absolute Gasteiger partial charge is 0.326 e. The van der Waals surface area contributed by atoms with Crippen molar-refractivity contribution in [2.45, 2.75) is 37.4 Å². The minimum atomic E-state index is -1.49. The molecule has 4 N–H and O–H groups in total. The number of nitrogens with zero attached hydrogens (tertiary/aromatic N) is 1. The van der Waals surface area contributed by atoms with Gasteiger partial charge in [-0.15, -0.1) is 0 Å². The van der Waals surface area contributed by atoms with Gasteiger partial charge in [-0.1, -0.05) is 36.4 Å². The second-order valence-electron chi connectivity index (χ2n) is 7.72. The van der Waals surface area contributed by atoms with Gasteiger partial charge in [-0.2, -0.15) is 4.39 Å². The van der Waals surface area contributed by atoms with Gasteiger partial charge in [0.15, 0.2) is 0 Å². The number of nitrogens with one attached hydrogen (secondary N) is 3. The number of nitro groups is 1. The van der Waals surface area contributed by atoms with E-state index >= 15 is 0 Å². The molecule has 1 aliphatic heterocycles. The third-order valence-corrected chi connectivity index (χ3v) is 5.22. The zero-order chi connectivity index (χ0) is 24.8. The molecule has 3 amide bonds. The lowest BCUT2D eigenvalue weighted by Gasteiger charge is -2.29. The van der Waals surface area contributed by atoms with Gasteiger partial charge in [-0.25, -0.2) is 4.79 Å². The number of carboxylic acid groups (broad SMARTS) is 1. The molecular formula is C22H21FN4O7. The monoisotopic (exact) mass is 472 g/mol. The molecule has 2 aromatic rings. The predicted molar refractivity (Wildman–Crippen MR) is 115 cm³/mol. The Morgan fingerprint density at radius 3 is 2.35 bits per heavy atom. The minimum Gasteiger partial charge on any atom is -0.480 e. The first kappa shape index (κ1) is 24.3. The number of benzene rings is 2. The molecule has 12 heteroatoms. The predicted octanol–water partition coefficient (Wildman–Crippen LogP) is 0.462. The van der Waals surface area contributed by atoms with E-state index in [-0.39, 0.29) is 18.4 Å². The van der Waals surface area contributed by atoms with Crippen LogP contribution in [0.3, 0.4) is 0 Å². The first-order valence-corrected chi connectivity index (χ1v) is 10.2. The molecule has 0 bridgehead atoms. The molecule has 1 aliphatic rings. The summed E-state index contributed by atoms with van der Waals surface area (Å²) in [5.41, 5.74) is 0.136. The van der Waals surface area contributed by atoms with Crippen molar-refractivity contribution < 1.29 is 33.6 Å². The number of carbonyl (C=O) groups is 4. The molecule has 34 heavy (non-hydrogen) atoms. The highest BCUT2D eigenvalue weighted by molar-refractivity contribution is 5.99. The summed E-state index contributed by atoms with van der Waals surface area (Å²) in [5.74, 6) is -4.40. The van der Waals surface area contributed by atoms with Crippen LogP contribution in [-0.4, -0.2) is 51.8 Å². The summed E-state index contributed by atoms with van der Waals surface area (Å²) in [4.78, 5) is 58.7. The molecule has 1 heterocycles. The summed E-state index contributed by atoms with van der Waals surface area (Å²) in [6.45, 7) is 0. The zero-order valence-electron chi connectivity index (χ0n) is 17.7. The van der Waals surface area contributed by atoms with Crippen molar-refractivity contribution in [1.29, 1.82) is 0 Å². The van der Waals surface area contributed by atoms with Crippen LogP contribution in [0.15, 0.2) is 48.5 Å². The van der Waals surface area contributed by atoms with E-state index in [2.05, 4.69) is 16.0 Å². The summed E-state index contributed by atoms with van der Waals surface area (Å²) in [6, 6.07) is 8.43. The number of rotatable bonds is 9. The highest BCUT2D eigenvalue weighted by atomic mass is 19.1. The molecule has 1 saturated heterocycles. The lowest BCUT2D eigenvalue weighted by atomic mass is 10.0. The van der Waals surface area contributed by atoms with Crippen LogP contribution in [0.4, 0.5) is 10.1 Å². The fourth-order valence-electron chi connectivity index (χ4n) is 3.51. The van der Waals surface area contributed by atoms with E-state index in [4.69, 9.17) is 0 Å². The van der Waals surface area contributed by atoms with Crippen molar-refractivity contribution in [2.75, 3.05) is 0 Å². The van der Waals surface area contributed by atoms with E-state index in [1.54, 1.807) is 24.3 Å². The van der Waals surface area contributed by atoms with Crippen LogP contribution in [-0.2, 0) is 32.0 Å². The Morgan fingerprint density at radius 1 is 1.06 bits per heavy atom. The summed E-state index contributed by atoms with van der Waals surface area (Å²) >= 11 is 0. The Labute approximate surface area is 192 Å². The molecule has 3 atom stereocenters. The first-order valence-electron chi connectivity index (χ1n) is 10.2. The Morgan fingerprint density at radius 2 is 1.71 bits per heavy atom. The number of carbonyl (C=O) groups excluding carboxylic acids is 3. The van der Waals surface area contributed by atoms with Crippen molar-refractivity contribution in [3.63, 3.8) is 0 Å². The number of hydrogen-bond acceptors (Lipinski definition) is 6. The van der Waals surface area contributed by atoms with Crippen LogP contribution in [0, 0.1) is 15.9 Å². The maximum absolute atomic E-state index is 13.5. The quantitative estimate of drug-likeness (QED) is 0.304. The third kappa shape index (κ3) is 6.12. The lowest BCUT2D eigenvalue weighted by Crippen LogP contribution is -2.63. The number of carboxylic acids is 1. The van der Waals surface area contributed by atoms with Gasteiger partial charge >= 0.3 is 11.7 Å². The van der Waals surface area contributed by atoms with Crippen LogP contribution < -0.4 is 16.0 Å². The number of aliphatic carboxylic acids is 1. The van der Waals surface area contributed by atoms with Gasteiger partial charge in [0.1, 0.15) is 18.1 Å². The summed E-state index contributed by atoms with van der Waals surface area (Å²) in [7, 11) is 0. The van der Waals surface area contributed by atoms with Crippen LogP contribution in [0.2, 0.25) is 0 Å². The SMILES string of the molecule is O=C(C[C@@H]1NC(=O)[C@H](Cc2ccccc2)NC1=O)N[C@H](Cc1ccc(F)c([N+](=O)[O-])c1)C(=O)O. The fourth-order valence-corrected chi connectivity index (χ4v) is 3.51. The molecule has 0 aliphatic carbocycles. The van der Waals surface area contributed by atoms with E-state index in [0.29, 0.717) is 0 Å². The van der Waals surface area contributed by atoms with Crippen molar-refractivity contribution in [3.05, 3.63) is 75.6 Å². The van der Waals surface area contributed by atoms with Gasteiger partial charge in [0.2, 0.25) is 23.5 Å². The van der Waals surface area contributed by atoms with Crippen molar-refractivity contribution in [1.82, 2.24) is 16.0 Å². The number of piperazine rings is 1. The Hall–Kier alpha value is -4.35. The van der Waals surface area contributed by atoms with Gasteiger partial charge in [0, 0.05) is 18.9 Å². The van der Waals surface area contributed by atoms with Gasteiger partial charge < -0.3 is 21.1 Å². The molecule has 0 aromatic heterocycles. The van der Waals surface area contributed by atoms with Crippen molar-refractivity contribution in [3.8, 4) is 0 Å². The third-order valence-electron chi connectivity index (χ3n) is 5.22. The van der Waals surface area contributed by atoms with E-state index in [9.17, 15) is 38.8 Å². The topological polar surface area (TPSA) is 168 Å². The Kier molecular flexibility index (Phi) is 7.51. The maximum Gasteiger partial charge on any atom is 0.326 e. The largest absolute Gasteiger partial charge is 0.480 e. The van der Waals surface area contributed by atoms with E-state index in [0.717, 1.165) is 17.7 Å². The highest BCUT2D eigenvalue weighted by Crippen LogP contribution is 2.19. The van der Waals surface area contributed by atoms with E-state index in [1.165, 1.54) is 6.07 Å². The molecule has 3 rings (SSSR count). The van der Waals surface area contributed by atoms with Crippen molar-refractivity contribution in [2.24, 2.45) is 0 Å². The standard InChI is InChI=1S/C22H21FN4O7/c23-14-7-6-13(10-18(14)27(33)34)9-17(22(31)32)24-19(28)11-16-21(30)25-15(20(29)26-16)8-12-4-2-1-3-5-12/h1-7,10,15-17H,8-9,11H2,(H,24,28)(H,25,30)(H,26,29)(H,31,32)/t15-,16-,17+/m0/s1. The maximum atomic E-state index is 13.5. The van der Waals surface area contributed by atoms with Crippen LogP contribution in [0.1, 0.15) is 17.5 Å². The van der Waals surface area contributed by atoms with Crippen molar-refractivity contribution >= 4 is 29.4 Å². The Bertz CT molecular complexity index is 1130. The molecule has 0 unspecified atom stereocenters. The summed E-state index contributed by atoms with van der Waals surface area (Å²) in [6.07, 6.45) is -0.601. The molecule has 11 nitrogen and oxygen atoms in total. The lowest BCUT2D eigenvalue weighted by molar-refractivity contribution is -0.387. The second-order valence-corrected chi connectivity index (χ2v) is 7.72. The summed E-state index contributed by atoms with van der Waals surface area (Å²) < 4.78 is 13.5. The van der Waals surface area contributed by atoms with Crippen LogP contribution in [0.25, 0.3) is 0 Å². The van der Waals surface area contributed by atoms with Gasteiger partial charge in [0.05, 0.1) is 11.3 Å². The van der Waals surface area contributed by atoms with Gasteiger partial charge in [0.25, 0.3) is 0 Å². The molecular weight excluding hydrogens is 451 g/mol. The average Bonchev–Trinajstić information content (AvgIpc) is 2.78. The molecule has 0 spiro atoms. The number of hydrogen-bond donors (Lipinski definition) is 4. The average molecular weight is 472 g/mol. The normalized spacial score (nSPS) is 18.4. The number of halogens is 1. The number of nitro benzene ring substituents is 1. The highest BCUT2D eigenvalue weighted by Gasteiger charge is 2.35. The first-order chi connectivity index (χ1) is 16.1. The van der Waals surface area contributed by atoms with Gasteiger partial charge in [-0.05, 0) is 17.2 Å². The molecule has 0 radical (unpaired) electrons. The molecule has 2 aromatic carbocycles. The fraction of sp³-hybridized carbons (Fsp3) is 0.273. The van der Waals surface area contributed by atoms with E-state index < -0.39 is 64.7 Å². The van der Waals surface area contributed by atoms with Gasteiger partial charge in [-0.3, -0.25) is 24.5 Å². The molecule has 178 valence electrons. The summed E-state index contributed by atoms with van der Waals surface area (Å²) in [5, 5.41) is 27.6. The van der Waals surface area contributed by atoms with Crippen LogP contribution in [0.5, 0.6) is 0 Å². The molecule has 1 fully saturated rings. The van der Waals surface area contributed by atoms with E-state index in [1.807, 2.05) is 6.07 Å². The van der Waals surface area contributed by atoms with Crippen LogP contribution >= 0.6 is 0 Å². The number of amides is 3. The second kappa shape index (κ2) is 10.5. The zero-order valence-corrected chi connectivity index (χ0v) is 17.7.